The van der Waals surface area contributed by atoms with Crippen LogP contribution in [0.3, 0.4) is 0 Å². The minimum absolute atomic E-state index is 0.527. The van der Waals surface area contributed by atoms with Crippen molar-refractivity contribution in [2.45, 2.75) is 46.1 Å². The van der Waals surface area contributed by atoms with Crippen molar-refractivity contribution in [1.82, 2.24) is 9.78 Å². The Balaban J connectivity index is 2.32. The SMILES string of the molecule is CCc1nn(CC)c(CC2(C(=O)O)CC2)c1Br. The summed E-state index contributed by atoms with van der Waals surface area (Å²) in [6.45, 7) is 4.87. The molecular weight excluding hydrogens is 284 g/mol. The lowest BCUT2D eigenvalue weighted by Gasteiger charge is -2.11. The molecular formula is C12H17BrN2O2. The number of carbonyl (C=O) groups is 1. The fraction of sp³-hybridized carbons (Fsp3) is 0.667. The van der Waals surface area contributed by atoms with E-state index in [9.17, 15) is 9.90 Å². The Bertz CT molecular complexity index is 450. The minimum atomic E-state index is -0.675. The summed E-state index contributed by atoms with van der Waals surface area (Å²) in [6, 6.07) is 0. The molecule has 94 valence electrons. The molecule has 0 aliphatic heterocycles. The molecule has 1 aliphatic rings. The molecule has 0 atom stereocenters. The average molecular weight is 301 g/mol. The van der Waals surface area contributed by atoms with Crippen LogP contribution < -0.4 is 0 Å². The molecule has 1 heterocycles. The molecule has 0 saturated heterocycles. The summed E-state index contributed by atoms with van der Waals surface area (Å²) in [4.78, 5) is 11.2. The number of nitrogens with zero attached hydrogens (tertiary/aromatic N) is 2. The third kappa shape index (κ3) is 2.12. The highest BCUT2D eigenvalue weighted by atomic mass is 79.9. The van der Waals surface area contributed by atoms with Gasteiger partial charge in [0.15, 0.2) is 0 Å². The molecule has 1 N–H and O–H groups in total. The number of rotatable bonds is 5. The van der Waals surface area contributed by atoms with Gasteiger partial charge in [0.2, 0.25) is 0 Å². The van der Waals surface area contributed by atoms with Crippen molar-refractivity contribution < 1.29 is 9.90 Å². The first kappa shape index (κ1) is 12.6. The van der Waals surface area contributed by atoms with Crippen LogP contribution in [-0.4, -0.2) is 20.9 Å². The summed E-state index contributed by atoms with van der Waals surface area (Å²) in [5.41, 5.74) is 1.52. The van der Waals surface area contributed by atoms with Crippen LogP contribution in [0.5, 0.6) is 0 Å². The lowest BCUT2D eigenvalue weighted by molar-refractivity contribution is -0.143. The maximum Gasteiger partial charge on any atom is 0.310 e. The Labute approximate surface area is 109 Å². The van der Waals surface area contributed by atoms with E-state index in [2.05, 4.69) is 28.0 Å². The summed E-state index contributed by atoms with van der Waals surface area (Å²) in [7, 11) is 0. The Hall–Kier alpha value is -0.840. The van der Waals surface area contributed by atoms with Crippen LogP contribution in [-0.2, 0) is 24.2 Å². The van der Waals surface area contributed by atoms with E-state index in [4.69, 9.17) is 0 Å². The molecule has 17 heavy (non-hydrogen) atoms. The van der Waals surface area contributed by atoms with Gasteiger partial charge in [-0.05, 0) is 42.1 Å². The highest BCUT2D eigenvalue weighted by Gasteiger charge is 2.51. The predicted molar refractivity (Wildman–Crippen MR) is 68.0 cm³/mol. The van der Waals surface area contributed by atoms with E-state index in [1.54, 1.807) is 0 Å². The van der Waals surface area contributed by atoms with Crippen molar-refractivity contribution in [2.24, 2.45) is 5.41 Å². The summed E-state index contributed by atoms with van der Waals surface area (Å²) in [5.74, 6) is -0.675. The Kier molecular flexibility index (Phi) is 3.30. The zero-order chi connectivity index (χ0) is 12.6. The molecule has 0 unspecified atom stereocenters. The van der Waals surface area contributed by atoms with Gasteiger partial charge in [-0.25, -0.2) is 0 Å². The smallest absolute Gasteiger partial charge is 0.310 e. The summed E-state index contributed by atoms with van der Waals surface area (Å²) < 4.78 is 2.92. The predicted octanol–water partition coefficient (Wildman–Crippen LogP) is 2.64. The second-order valence-corrected chi connectivity index (χ2v) is 5.43. The quantitative estimate of drug-likeness (QED) is 0.909. The highest BCUT2D eigenvalue weighted by Crippen LogP contribution is 2.49. The molecule has 1 fully saturated rings. The Morgan fingerprint density at radius 2 is 2.18 bits per heavy atom. The van der Waals surface area contributed by atoms with Crippen LogP contribution in [0.15, 0.2) is 4.47 Å². The van der Waals surface area contributed by atoms with Gasteiger partial charge in [0.25, 0.3) is 0 Å². The van der Waals surface area contributed by atoms with Gasteiger partial charge in [-0.1, -0.05) is 6.92 Å². The number of aliphatic carboxylic acids is 1. The molecule has 0 amide bonds. The van der Waals surface area contributed by atoms with Crippen LogP contribution in [0, 0.1) is 5.41 Å². The highest BCUT2D eigenvalue weighted by molar-refractivity contribution is 9.10. The molecule has 1 aliphatic carbocycles. The molecule has 0 spiro atoms. The summed E-state index contributed by atoms with van der Waals surface area (Å²) >= 11 is 3.56. The Morgan fingerprint density at radius 1 is 1.53 bits per heavy atom. The van der Waals surface area contributed by atoms with Gasteiger partial charge in [-0.2, -0.15) is 5.10 Å². The van der Waals surface area contributed by atoms with Crippen LogP contribution in [0.1, 0.15) is 38.1 Å². The van der Waals surface area contributed by atoms with Crippen molar-refractivity contribution in [3.63, 3.8) is 0 Å². The number of halogens is 1. The van der Waals surface area contributed by atoms with E-state index in [-0.39, 0.29) is 0 Å². The van der Waals surface area contributed by atoms with Gasteiger partial charge in [0.1, 0.15) is 0 Å². The minimum Gasteiger partial charge on any atom is -0.481 e. The molecule has 1 aromatic rings. The normalized spacial score (nSPS) is 17.1. The van der Waals surface area contributed by atoms with Gasteiger partial charge in [0, 0.05) is 13.0 Å². The molecule has 2 rings (SSSR count). The molecule has 0 radical (unpaired) electrons. The van der Waals surface area contributed by atoms with Gasteiger partial charge < -0.3 is 5.11 Å². The maximum absolute atomic E-state index is 11.2. The second-order valence-electron chi connectivity index (χ2n) is 4.64. The van der Waals surface area contributed by atoms with Crippen LogP contribution >= 0.6 is 15.9 Å². The summed E-state index contributed by atoms with van der Waals surface area (Å²) in [6.07, 6.45) is 3.01. The number of aryl methyl sites for hydroxylation is 2. The third-order valence-electron chi connectivity index (χ3n) is 3.51. The van der Waals surface area contributed by atoms with E-state index in [1.807, 2.05) is 11.6 Å². The standard InChI is InChI=1S/C12H17BrN2O2/c1-3-8-10(13)9(15(4-2)14-8)7-12(5-6-12)11(16)17/h3-7H2,1-2H3,(H,16,17). The van der Waals surface area contributed by atoms with Gasteiger partial charge in [-0.15, -0.1) is 0 Å². The molecule has 5 heteroatoms. The topological polar surface area (TPSA) is 55.1 Å². The van der Waals surface area contributed by atoms with Gasteiger partial charge in [0.05, 0.1) is 21.3 Å². The number of hydrogen-bond donors (Lipinski definition) is 1. The number of carboxylic acids is 1. The molecule has 4 nitrogen and oxygen atoms in total. The fourth-order valence-electron chi connectivity index (χ4n) is 2.12. The number of carboxylic acid groups (broad SMARTS) is 1. The van der Waals surface area contributed by atoms with Crippen molar-refractivity contribution in [3.05, 3.63) is 15.9 Å². The number of aromatic nitrogens is 2. The largest absolute Gasteiger partial charge is 0.481 e. The molecule has 0 bridgehead atoms. The fourth-order valence-corrected chi connectivity index (χ4v) is 2.83. The average Bonchev–Trinajstić information content (AvgIpc) is 3.02. The van der Waals surface area contributed by atoms with E-state index in [0.29, 0.717) is 6.42 Å². The molecule has 1 aromatic heterocycles. The van der Waals surface area contributed by atoms with E-state index in [1.165, 1.54) is 0 Å². The van der Waals surface area contributed by atoms with E-state index in [0.717, 1.165) is 41.7 Å². The zero-order valence-corrected chi connectivity index (χ0v) is 11.7. The first-order valence-electron chi connectivity index (χ1n) is 6.01. The van der Waals surface area contributed by atoms with Crippen LogP contribution in [0.25, 0.3) is 0 Å². The van der Waals surface area contributed by atoms with E-state index < -0.39 is 11.4 Å². The first-order chi connectivity index (χ1) is 8.04. The van der Waals surface area contributed by atoms with Crippen LogP contribution in [0.2, 0.25) is 0 Å². The monoisotopic (exact) mass is 300 g/mol. The Morgan fingerprint density at radius 3 is 2.59 bits per heavy atom. The van der Waals surface area contributed by atoms with Crippen molar-refractivity contribution >= 4 is 21.9 Å². The zero-order valence-electron chi connectivity index (χ0n) is 10.2. The lowest BCUT2D eigenvalue weighted by Crippen LogP contribution is -2.20. The van der Waals surface area contributed by atoms with Crippen molar-refractivity contribution in [1.29, 1.82) is 0 Å². The van der Waals surface area contributed by atoms with Crippen molar-refractivity contribution in [2.75, 3.05) is 0 Å². The maximum atomic E-state index is 11.2. The lowest BCUT2D eigenvalue weighted by atomic mass is 10.0. The number of hydrogen-bond acceptors (Lipinski definition) is 2. The molecule has 0 aromatic carbocycles. The first-order valence-corrected chi connectivity index (χ1v) is 6.81. The second kappa shape index (κ2) is 4.44. The van der Waals surface area contributed by atoms with E-state index >= 15 is 0 Å². The van der Waals surface area contributed by atoms with Gasteiger partial charge in [-0.3, -0.25) is 9.48 Å². The third-order valence-corrected chi connectivity index (χ3v) is 4.42. The van der Waals surface area contributed by atoms with Gasteiger partial charge >= 0.3 is 5.97 Å². The summed E-state index contributed by atoms with van der Waals surface area (Å²) in [5, 5.41) is 13.7. The van der Waals surface area contributed by atoms with Crippen LogP contribution in [0.4, 0.5) is 0 Å². The molecule has 1 saturated carbocycles. The van der Waals surface area contributed by atoms with Crippen molar-refractivity contribution in [3.8, 4) is 0 Å².